The van der Waals surface area contributed by atoms with Gasteiger partial charge in [-0.15, -0.1) is 22.7 Å². The monoisotopic (exact) mass is 976 g/mol. The Kier molecular flexibility index (Phi) is 15.1. The standard InChI is InChI=1S/C23H24N4O4S2.C21H18Cl2N4O2S2/c1-30-20-12-17(13-21(14-20)31-2)11-19-16-32-23(25-19)26-7-9-27(10-8-26)33(28,29)22-6-4-3-5-18(22)15-24;22-18-6-5-15(12-19(18)23)11-17-14-30-21(25-17)26-7-9-27(10-8-26)31(28,29)20-4-2-1-3-16(20)13-24/h3-6,12-14,16H,7-11H2,1-2H3;1-6,12,14H,7-11H2. The van der Waals surface area contributed by atoms with E-state index in [4.69, 9.17) is 42.6 Å². The first kappa shape index (κ1) is 46.7. The van der Waals surface area contributed by atoms with E-state index in [0.29, 0.717) is 75.2 Å². The molecule has 2 aromatic heterocycles. The molecule has 0 aliphatic carbocycles. The van der Waals surface area contributed by atoms with Crippen LogP contribution in [-0.2, 0) is 32.9 Å². The zero-order valence-electron chi connectivity index (χ0n) is 34.7. The van der Waals surface area contributed by atoms with E-state index in [9.17, 15) is 27.4 Å². The summed E-state index contributed by atoms with van der Waals surface area (Å²) in [6.07, 6.45) is 1.29. The fourth-order valence-corrected chi connectivity index (χ4v) is 12.4. The number of hydrogen-bond donors (Lipinski definition) is 0. The Morgan fingerprint density at radius 1 is 0.594 bits per heavy atom. The second kappa shape index (κ2) is 20.7. The van der Waals surface area contributed by atoms with E-state index in [2.05, 4.69) is 9.80 Å². The molecule has 2 aliphatic heterocycles. The van der Waals surface area contributed by atoms with Crippen molar-refractivity contribution in [3.05, 3.63) is 139 Å². The minimum absolute atomic E-state index is 0.0594. The highest BCUT2D eigenvalue weighted by Crippen LogP contribution is 2.30. The molecule has 0 N–H and O–H groups in total. The molecule has 2 saturated heterocycles. The lowest BCUT2D eigenvalue weighted by Crippen LogP contribution is -2.48. The Labute approximate surface area is 391 Å². The Morgan fingerprint density at radius 3 is 1.45 bits per heavy atom. The van der Waals surface area contributed by atoms with Crippen molar-refractivity contribution in [3.8, 4) is 23.6 Å². The summed E-state index contributed by atoms with van der Waals surface area (Å²) in [4.78, 5) is 13.8. The fraction of sp³-hybridized carbons (Fsp3) is 0.273. The number of anilines is 2. The predicted molar refractivity (Wildman–Crippen MR) is 250 cm³/mol. The van der Waals surface area contributed by atoms with Crippen LogP contribution >= 0.6 is 45.9 Å². The van der Waals surface area contributed by atoms with Crippen LogP contribution in [0.1, 0.15) is 33.6 Å². The Hall–Kier alpha value is -5.28. The van der Waals surface area contributed by atoms with Crippen LogP contribution in [0, 0.1) is 22.7 Å². The molecule has 0 bridgehead atoms. The van der Waals surface area contributed by atoms with Gasteiger partial charge in [-0.2, -0.15) is 19.1 Å². The first-order valence-electron chi connectivity index (χ1n) is 19.9. The van der Waals surface area contributed by atoms with Gasteiger partial charge in [-0.1, -0.05) is 53.5 Å². The molecule has 8 rings (SSSR count). The molecule has 0 unspecified atom stereocenters. The molecule has 0 spiro atoms. The molecule has 0 amide bonds. The molecular formula is C44H42Cl2N8O6S4. The average Bonchev–Trinajstić information content (AvgIpc) is 4.00. The van der Waals surface area contributed by atoms with E-state index >= 15 is 0 Å². The van der Waals surface area contributed by atoms with Gasteiger partial charge in [0.05, 0.1) is 56.6 Å². The number of aromatic nitrogens is 2. The molecule has 4 aromatic carbocycles. The van der Waals surface area contributed by atoms with Crippen LogP contribution in [0.25, 0.3) is 0 Å². The highest BCUT2D eigenvalue weighted by atomic mass is 35.5. The van der Waals surface area contributed by atoms with E-state index < -0.39 is 20.0 Å². The van der Waals surface area contributed by atoms with Crippen LogP contribution in [0.15, 0.2) is 105 Å². The summed E-state index contributed by atoms with van der Waals surface area (Å²) in [5.74, 6) is 1.46. The maximum absolute atomic E-state index is 13.0. The molecule has 0 radical (unpaired) electrons. The Morgan fingerprint density at radius 2 is 1.03 bits per heavy atom. The van der Waals surface area contributed by atoms with Gasteiger partial charge in [0.25, 0.3) is 0 Å². The minimum Gasteiger partial charge on any atom is -0.497 e. The maximum Gasteiger partial charge on any atom is 0.244 e. The average molecular weight is 978 g/mol. The summed E-state index contributed by atoms with van der Waals surface area (Å²) in [5, 5.41) is 25.3. The summed E-state index contributed by atoms with van der Waals surface area (Å²) >= 11 is 15.2. The van der Waals surface area contributed by atoms with Gasteiger partial charge in [0, 0.05) is 82.0 Å². The van der Waals surface area contributed by atoms with Gasteiger partial charge in [-0.25, -0.2) is 26.8 Å². The topological polar surface area (TPSA) is 173 Å². The lowest BCUT2D eigenvalue weighted by atomic mass is 10.1. The number of halogens is 2. The molecule has 332 valence electrons. The molecule has 6 aromatic rings. The number of thiazole rings is 2. The van der Waals surface area contributed by atoms with Gasteiger partial charge in [0.2, 0.25) is 20.0 Å². The Bertz CT molecular complexity index is 2900. The number of hydrogen-bond acceptors (Lipinski definition) is 14. The van der Waals surface area contributed by atoms with E-state index in [1.807, 2.05) is 53.2 Å². The smallest absolute Gasteiger partial charge is 0.244 e. The van der Waals surface area contributed by atoms with Crippen LogP contribution < -0.4 is 19.3 Å². The molecule has 20 heteroatoms. The van der Waals surface area contributed by atoms with E-state index in [1.54, 1.807) is 55.9 Å². The van der Waals surface area contributed by atoms with Crippen molar-refractivity contribution in [1.82, 2.24) is 18.6 Å². The number of sulfonamides is 2. The summed E-state index contributed by atoms with van der Waals surface area (Å²) < 4.78 is 65.6. The lowest BCUT2D eigenvalue weighted by Gasteiger charge is -2.33. The van der Waals surface area contributed by atoms with Crippen LogP contribution in [-0.4, -0.2) is 102 Å². The first-order chi connectivity index (χ1) is 30.8. The third kappa shape index (κ3) is 10.8. The molecule has 2 aliphatic rings. The summed E-state index contributed by atoms with van der Waals surface area (Å²) in [5.41, 5.74) is 4.25. The molecule has 0 saturated carbocycles. The van der Waals surface area contributed by atoms with Gasteiger partial charge in [-0.3, -0.25) is 0 Å². The highest BCUT2D eigenvalue weighted by molar-refractivity contribution is 7.89. The van der Waals surface area contributed by atoms with Crippen molar-refractivity contribution in [2.45, 2.75) is 22.6 Å². The number of nitrogens with zero attached hydrogens (tertiary/aromatic N) is 8. The first-order valence-corrected chi connectivity index (χ1v) is 25.3. The van der Waals surface area contributed by atoms with Gasteiger partial charge in [-0.05, 0) is 59.7 Å². The van der Waals surface area contributed by atoms with Crippen molar-refractivity contribution in [1.29, 1.82) is 10.5 Å². The van der Waals surface area contributed by atoms with Crippen molar-refractivity contribution in [3.63, 3.8) is 0 Å². The number of methoxy groups -OCH3 is 2. The van der Waals surface area contributed by atoms with Crippen LogP contribution in [0.5, 0.6) is 11.5 Å². The van der Waals surface area contributed by atoms with Crippen LogP contribution in [0.3, 0.4) is 0 Å². The quantitative estimate of drug-likeness (QED) is 0.118. The van der Waals surface area contributed by atoms with E-state index in [0.717, 1.165) is 44.3 Å². The fourth-order valence-electron chi connectivity index (χ4n) is 7.17. The molecule has 0 atom stereocenters. The molecule has 4 heterocycles. The zero-order chi connectivity index (χ0) is 45.4. The number of piperazine rings is 2. The number of ether oxygens (including phenoxy) is 2. The number of benzene rings is 4. The Balaban J connectivity index is 0.000000192. The minimum atomic E-state index is -3.72. The van der Waals surface area contributed by atoms with Crippen LogP contribution in [0.2, 0.25) is 10.0 Å². The molecule has 64 heavy (non-hydrogen) atoms. The number of nitriles is 2. The lowest BCUT2D eigenvalue weighted by molar-refractivity contribution is 0.384. The second-order valence-electron chi connectivity index (χ2n) is 14.6. The van der Waals surface area contributed by atoms with E-state index in [-0.39, 0.29) is 20.9 Å². The second-order valence-corrected chi connectivity index (χ2v) is 20.9. The third-order valence-electron chi connectivity index (χ3n) is 10.5. The van der Waals surface area contributed by atoms with Crippen molar-refractivity contribution < 1.29 is 26.3 Å². The van der Waals surface area contributed by atoms with Crippen LogP contribution in [0.4, 0.5) is 10.3 Å². The SMILES string of the molecule is COc1cc(Cc2csc(N3CCN(S(=O)(=O)c4ccccc4C#N)CC3)n2)cc(OC)c1.N#Cc1ccccc1S(=O)(=O)N1CCN(c2nc(Cc3ccc(Cl)c(Cl)c3)cs2)CC1. The maximum atomic E-state index is 13.0. The van der Waals surface area contributed by atoms with Gasteiger partial charge in [0.15, 0.2) is 10.3 Å². The number of rotatable bonds is 12. The molecule has 14 nitrogen and oxygen atoms in total. The summed E-state index contributed by atoms with van der Waals surface area (Å²) in [7, 11) is -4.18. The predicted octanol–water partition coefficient (Wildman–Crippen LogP) is 7.56. The largest absolute Gasteiger partial charge is 0.497 e. The van der Waals surface area contributed by atoms with E-state index in [1.165, 1.54) is 44.2 Å². The summed E-state index contributed by atoms with van der Waals surface area (Å²) in [6.45, 7) is 3.49. The summed E-state index contributed by atoms with van der Waals surface area (Å²) in [6, 6.07) is 27.8. The van der Waals surface area contributed by atoms with Crippen molar-refractivity contribution in [2.75, 3.05) is 76.4 Å². The van der Waals surface area contributed by atoms with Gasteiger partial charge < -0.3 is 19.3 Å². The highest BCUT2D eigenvalue weighted by Gasteiger charge is 2.32. The van der Waals surface area contributed by atoms with Crippen molar-refractivity contribution in [2.24, 2.45) is 0 Å². The van der Waals surface area contributed by atoms with Crippen molar-refractivity contribution >= 4 is 76.2 Å². The zero-order valence-corrected chi connectivity index (χ0v) is 39.5. The molecule has 2 fully saturated rings. The normalized spacial score (nSPS) is 14.8. The van der Waals surface area contributed by atoms with Gasteiger partial charge in [0.1, 0.15) is 23.6 Å². The molecular weight excluding hydrogens is 936 g/mol. The van der Waals surface area contributed by atoms with Gasteiger partial charge >= 0.3 is 0 Å². The third-order valence-corrected chi connectivity index (χ3v) is 17.1.